The van der Waals surface area contributed by atoms with Crippen LogP contribution >= 0.6 is 0 Å². The summed E-state index contributed by atoms with van der Waals surface area (Å²) in [6, 6.07) is 5.38. The van der Waals surface area contributed by atoms with Gasteiger partial charge >= 0.3 is 0 Å². The molecule has 0 spiro atoms. The third-order valence-electron chi connectivity index (χ3n) is 4.00. The molecule has 23 heavy (non-hydrogen) atoms. The minimum atomic E-state index is -0.564. The first-order valence-electron chi connectivity index (χ1n) is 7.64. The highest BCUT2D eigenvalue weighted by atomic mass is 16.2. The van der Waals surface area contributed by atoms with Crippen LogP contribution in [0.2, 0.25) is 0 Å². The maximum atomic E-state index is 12.1. The maximum absolute atomic E-state index is 12.1. The number of rotatable bonds is 4. The van der Waals surface area contributed by atoms with Crippen molar-refractivity contribution >= 4 is 23.2 Å². The van der Waals surface area contributed by atoms with Gasteiger partial charge in [-0.3, -0.25) is 14.7 Å². The maximum Gasteiger partial charge on any atom is 0.258 e. The molecule has 7 heteroatoms. The quantitative estimate of drug-likeness (QED) is 0.800. The molecule has 0 aliphatic carbocycles. The Morgan fingerprint density at radius 3 is 2.65 bits per heavy atom. The van der Waals surface area contributed by atoms with Crippen molar-refractivity contribution in [2.75, 3.05) is 23.3 Å². The van der Waals surface area contributed by atoms with Crippen LogP contribution in [0.4, 0.5) is 11.4 Å². The van der Waals surface area contributed by atoms with Crippen molar-refractivity contribution in [3.63, 3.8) is 0 Å². The van der Waals surface area contributed by atoms with E-state index < -0.39 is 5.91 Å². The lowest BCUT2D eigenvalue weighted by Crippen LogP contribution is -2.29. The number of carbonyl (C=O) groups is 2. The van der Waals surface area contributed by atoms with Gasteiger partial charge < -0.3 is 16.0 Å². The van der Waals surface area contributed by atoms with Gasteiger partial charge in [-0.05, 0) is 37.5 Å². The molecule has 1 aromatic carbocycles. The molecular formula is C16H19N5O2. The van der Waals surface area contributed by atoms with Crippen molar-refractivity contribution in [1.29, 1.82) is 0 Å². The van der Waals surface area contributed by atoms with E-state index in [1.807, 2.05) is 6.07 Å². The number of anilines is 2. The summed E-state index contributed by atoms with van der Waals surface area (Å²) in [6.45, 7) is 1.94. The number of aromatic nitrogens is 2. The van der Waals surface area contributed by atoms with Gasteiger partial charge in [0.25, 0.3) is 11.8 Å². The molecular weight excluding hydrogens is 294 g/mol. The lowest BCUT2D eigenvalue weighted by Gasteiger charge is -2.29. The fourth-order valence-corrected chi connectivity index (χ4v) is 2.76. The number of carbonyl (C=O) groups excluding carboxylic acids is 2. The molecule has 2 heterocycles. The minimum absolute atomic E-state index is 0.310. The molecule has 0 unspecified atom stereocenters. The predicted molar refractivity (Wildman–Crippen MR) is 87.6 cm³/mol. The summed E-state index contributed by atoms with van der Waals surface area (Å²) in [4.78, 5) is 26.1. The predicted octanol–water partition coefficient (Wildman–Crippen LogP) is 1.75. The molecule has 0 radical (unpaired) electrons. The van der Waals surface area contributed by atoms with Crippen LogP contribution in [0, 0.1) is 0 Å². The van der Waals surface area contributed by atoms with Gasteiger partial charge in [-0.25, -0.2) is 0 Å². The number of hydrogen-bond donors (Lipinski definition) is 3. The number of hydrogen-bond acceptors (Lipinski definition) is 4. The van der Waals surface area contributed by atoms with Crippen LogP contribution in [0.15, 0.2) is 30.6 Å². The molecule has 4 N–H and O–H groups in total. The van der Waals surface area contributed by atoms with Crippen molar-refractivity contribution in [2.24, 2.45) is 5.73 Å². The summed E-state index contributed by atoms with van der Waals surface area (Å²) in [5, 5.41) is 9.02. The smallest absolute Gasteiger partial charge is 0.258 e. The van der Waals surface area contributed by atoms with Crippen LogP contribution < -0.4 is 16.0 Å². The molecule has 0 bridgehead atoms. The molecule has 1 aromatic heterocycles. The Balaban J connectivity index is 1.85. The van der Waals surface area contributed by atoms with E-state index in [1.54, 1.807) is 12.1 Å². The Morgan fingerprint density at radius 1 is 1.22 bits per heavy atom. The molecule has 1 fully saturated rings. The van der Waals surface area contributed by atoms with Crippen molar-refractivity contribution in [3.05, 3.63) is 41.7 Å². The zero-order chi connectivity index (χ0) is 16.2. The monoisotopic (exact) mass is 313 g/mol. The van der Waals surface area contributed by atoms with Crippen molar-refractivity contribution < 1.29 is 9.59 Å². The fourth-order valence-electron chi connectivity index (χ4n) is 2.76. The first-order valence-corrected chi connectivity index (χ1v) is 7.64. The summed E-state index contributed by atoms with van der Waals surface area (Å²) < 4.78 is 0. The number of nitrogens with two attached hydrogens (primary N) is 1. The van der Waals surface area contributed by atoms with Crippen molar-refractivity contribution in [3.8, 4) is 0 Å². The SMILES string of the molecule is NC(=O)c1cc(N2CCCCC2)ccc1NC(=O)c1cn[nH]c1. The second-order valence-electron chi connectivity index (χ2n) is 5.58. The molecule has 7 nitrogen and oxygen atoms in total. The summed E-state index contributed by atoms with van der Waals surface area (Å²) in [6.07, 6.45) is 6.43. The Kier molecular flexibility index (Phi) is 4.27. The third-order valence-corrected chi connectivity index (χ3v) is 4.00. The van der Waals surface area contributed by atoms with Crippen molar-refractivity contribution in [1.82, 2.24) is 10.2 Å². The Morgan fingerprint density at radius 2 is 2.00 bits per heavy atom. The van der Waals surface area contributed by atoms with E-state index in [2.05, 4.69) is 20.4 Å². The number of piperidine rings is 1. The van der Waals surface area contributed by atoms with Gasteiger partial charge in [-0.1, -0.05) is 0 Å². The first-order chi connectivity index (χ1) is 11.1. The summed E-state index contributed by atoms with van der Waals surface area (Å²) in [5.41, 5.74) is 7.54. The van der Waals surface area contributed by atoms with E-state index in [0.717, 1.165) is 31.6 Å². The third kappa shape index (κ3) is 3.33. The fraction of sp³-hybridized carbons (Fsp3) is 0.312. The van der Waals surface area contributed by atoms with E-state index in [4.69, 9.17) is 5.73 Å². The number of nitrogens with zero attached hydrogens (tertiary/aromatic N) is 2. The molecule has 120 valence electrons. The van der Waals surface area contributed by atoms with E-state index in [9.17, 15) is 9.59 Å². The van der Waals surface area contributed by atoms with Crippen LogP contribution in [0.1, 0.15) is 40.0 Å². The molecule has 3 rings (SSSR count). The molecule has 1 aliphatic rings. The number of aromatic amines is 1. The molecule has 1 aliphatic heterocycles. The summed E-state index contributed by atoms with van der Waals surface area (Å²) in [5.74, 6) is -0.904. The summed E-state index contributed by atoms with van der Waals surface area (Å²) in [7, 11) is 0. The average molecular weight is 313 g/mol. The van der Waals surface area contributed by atoms with Gasteiger partial charge in [0.15, 0.2) is 0 Å². The summed E-state index contributed by atoms with van der Waals surface area (Å²) >= 11 is 0. The highest BCUT2D eigenvalue weighted by Gasteiger charge is 2.17. The average Bonchev–Trinajstić information content (AvgIpc) is 3.10. The largest absolute Gasteiger partial charge is 0.372 e. The number of benzene rings is 1. The molecule has 2 aromatic rings. The topological polar surface area (TPSA) is 104 Å². The minimum Gasteiger partial charge on any atom is -0.372 e. The molecule has 1 saturated heterocycles. The van der Waals surface area contributed by atoms with E-state index in [-0.39, 0.29) is 5.91 Å². The number of amides is 2. The van der Waals surface area contributed by atoms with Gasteiger partial charge in [0, 0.05) is 25.0 Å². The number of H-pyrrole nitrogens is 1. The molecule has 0 saturated carbocycles. The van der Waals surface area contributed by atoms with Crippen LogP contribution in [-0.4, -0.2) is 35.1 Å². The zero-order valence-electron chi connectivity index (χ0n) is 12.7. The number of primary amides is 1. The van der Waals surface area contributed by atoms with E-state index >= 15 is 0 Å². The lowest BCUT2D eigenvalue weighted by molar-refractivity contribution is 0.100. The highest BCUT2D eigenvalue weighted by molar-refractivity contribution is 6.08. The Hall–Kier alpha value is -2.83. The Labute approximate surface area is 133 Å². The van der Waals surface area contributed by atoms with Gasteiger partial charge in [0.05, 0.1) is 23.0 Å². The van der Waals surface area contributed by atoms with Crippen molar-refractivity contribution in [2.45, 2.75) is 19.3 Å². The second kappa shape index (κ2) is 6.51. The van der Waals surface area contributed by atoms with Crippen LogP contribution in [-0.2, 0) is 0 Å². The lowest BCUT2D eigenvalue weighted by atomic mass is 10.1. The van der Waals surface area contributed by atoms with E-state index in [1.165, 1.54) is 18.8 Å². The van der Waals surface area contributed by atoms with Gasteiger partial charge in [-0.15, -0.1) is 0 Å². The van der Waals surface area contributed by atoms with E-state index in [0.29, 0.717) is 16.8 Å². The highest BCUT2D eigenvalue weighted by Crippen LogP contribution is 2.26. The Bertz CT molecular complexity index is 705. The number of nitrogens with one attached hydrogen (secondary N) is 2. The zero-order valence-corrected chi connectivity index (χ0v) is 12.7. The normalized spacial score (nSPS) is 14.5. The van der Waals surface area contributed by atoms with Crippen LogP contribution in [0.3, 0.4) is 0 Å². The van der Waals surface area contributed by atoms with Crippen LogP contribution in [0.25, 0.3) is 0 Å². The molecule has 2 amide bonds. The van der Waals surface area contributed by atoms with Gasteiger partial charge in [0.1, 0.15) is 0 Å². The first kappa shape index (κ1) is 15.1. The second-order valence-corrected chi connectivity index (χ2v) is 5.58. The standard InChI is InChI=1S/C16H19N5O2/c17-15(22)13-8-12(21-6-2-1-3-7-21)4-5-14(13)20-16(23)11-9-18-19-10-11/h4-5,8-10H,1-3,6-7H2,(H2,17,22)(H,18,19)(H,20,23). The van der Waals surface area contributed by atoms with Crippen LogP contribution in [0.5, 0.6) is 0 Å². The van der Waals surface area contributed by atoms with Gasteiger partial charge in [0.2, 0.25) is 0 Å². The molecule has 0 atom stereocenters. The van der Waals surface area contributed by atoms with Gasteiger partial charge in [-0.2, -0.15) is 5.10 Å².